The second kappa shape index (κ2) is 7.45. The first-order valence-corrected chi connectivity index (χ1v) is 9.10. The van der Waals surface area contributed by atoms with Gasteiger partial charge in [-0.2, -0.15) is 0 Å². The third-order valence-corrected chi connectivity index (χ3v) is 5.17. The summed E-state index contributed by atoms with van der Waals surface area (Å²) in [4.78, 5) is 13.9. The smallest absolute Gasteiger partial charge is 0.319 e. The van der Waals surface area contributed by atoms with E-state index in [1.165, 1.54) is 18.2 Å². The van der Waals surface area contributed by atoms with Gasteiger partial charge < -0.3 is 13.9 Å². The number of furan rings is 1. The molecule has 1 unspecified atom stereocenters. The lowest BCUT2D eigenvalue weighted by Crippen LogP contribution is -2.37. The number of ether oxygens (including phenoxy) is 2. The second-order valence-corrected chi connectivity index (χ2v) is 6.93. The lowest BCUT2D eigenvalue weighted by Gasteiger charge is -2.31. The molecule has 3 aromatic rings. The molecule has 0 spiro atoms. The molecule has 0 N–H and O–H groups in total. The van der Waals surface area contributed by atoms with Gasteiger partial charge in [-0.05, 0) is 24.1 Å². The van der Waals surface area contributed by atoms with Gasteiger partial charge in [0.25, 0.3) is 0 Å². The van der Waals surface area contributed by atoms with Crippen molar-refractivity contribution in [3.05, 3.63) is 65.4 Å². The number of hydrogen-bond acceptors (Lipinski definition) is 5. The first-order valence-electron chi connectivity index (χ1n) is 9.10. The lowest BCUT2D eigenvalue weighted by atomic mass is 9.87. The molecule has 1 aliphatic heterocycles. The van der Waals surface area contributed by atoms with Crippen LogP contribution in [0, 0.1) is 0 Å². The Balaban J connectivity index is 1.73. The SMILES string of the molecule is COC(=O)CN1Cc2oc3cc(OC)ccc3c2C(Cc2ccccc2)C1. The molecule has 140 valence electrons. The van der Waals surface area contributed by atoms with Crippen molar-refractivity contribution in [2.24, 2.45) is 0 Å². The van der Waals surface area contributed by atoms with Gasteiger partial charge in [0, 0.05) is 29.5 Å². The van der Waals surface area contributed by atoms with Crippen LogP contribution >= 0.6 is 0 Å². The monoisotopic (exact) mass is 365 g/mol. The number of carbonyl (C=O) groups is 1. The van der Waals surface area contributed by atoms with Crippen molar-refractivity contribution >= 4 is 16.9 Å². The molecule has 0 aliphatic carbocycles. The van der Waals surface area contributed by atoms with Gasteiger partial charge >= 0.3 is 5.97 Å². The maximum absolute atomic E-state index is 11.8. The van der Waals surface area contributed by atoms with Crippen molar-refractivity contribution in [1.29, 1.82) is 0 Å². The van der Waals surface area contributed by atoms with Gasteiger partial charge in [0.1, 0.15) is 17.1 Å². The molecule has 0 fully saturated rings. The number of hydrogen-bond donors (Lipinski definition) is 0. The predicted molar refractivity (Wildman–Crippen MR) is 103 cm³/mol. The summed E-state index contributed by atoms with van der Waals surface area (Å²) in [6, 6.07) is 16.4. The Labute approximate surface area is 158 Å². The predicted octanol–water partition coefficient (Wildman–Crippen LogP) is 3.76. The van der Waals surface area contributed by atoms with Gasteiger partial charge in [-0.3, -0.25) is 9.69 Å². The van der Waals surface area contributed by atoms with E-state index in [0.29, 0.717) is 6.54 Å². The molecule has 5 nitrogen and oxygen atoms in total. The highest BCUT2D eigenvalue weighted by Gasteiger charge is 2.31. The van der Waals surface area contributed by atoms with E-state index in [1.807, 2.05) is 18.2 Å². The molecule has 0 saturated carbocycles. The van der Waals surface area contributed by atoms with E-state index in [1.54, 1.807) is 7.11 Å². The summed E-state index contributed by atoms with van der Waals surface area (Å²) >= 11 is 0. The minimum absolute atomic E-state index is 0.227. The van der Waals surface area contributed by atoms with Crippen LogP contribution in [0.15, 0.2) is 52.9 Å². The molecule has 27 heavy (non-hydrogen) atoms. The molecule has 5 heteroatoms. The largest absolute Gasteiger partial charge is 0.497 e. The summed E-state index contributed by atoms with van der Waals surface area (Å²) in [5.41, 5.74) is 3.35. The van der Waals surface area contributed by atoms with E-state index in [-0.39, 0.29) is 18.4 Å². The van der Waals surface area contributed by atoms with Crippen LogP contribution in [0.4, 0.5) is 0 Å². The summed E-state index contributed by atoms with van der Waals surface area (Å²) in [6.07, 6.45) is 0.895. The number of fused-ring (bicyclic) bond motifs is 3. The maximum Gasteiger partial charge on any atom is 0.319 e. The number of rotatable bonds is 5. The molecule has 2 heterocycles. The fraction of sp³-hybridized carbons (Fsp3) is 0.318. The van der Waals surface area contributed by atoms with Gasteiger partial charge in [0.15, 0.2) is 0 Å². The van der Waals surface area contributed by atoms with Crippen molar-refractivity contribution in [2.45, 2.75) is 18.9 Å². The topological polar surface area (TPSA) is 51.9 Å². The van der Waals surface area contributed by atoms with Crippen LogP contribution in [-0.4, -0.2) is 38.2 Å². The van der Waals surface area contributed by atoms with Gasteiger partial charge in [0.2, 0.25) is 0 Å². The average Bonchev–Trinajstić information content (AvgIpc) is 3.06. The van der Waals surface area contributed by atoms with Gasteiger partial charge in [0.05, 0.1) is 27.3 Å². The highest BCUT2D eigenvalue weighted by atomic mass is 16.5. The second-order valence-electron chi connectivity index (χ2n) is 6.93. The summed E-state index contributed by atoms with van der Waals surface area (Å²) in [6.45, 7) is 1.66. The summed E-state index contributed by atoms with van der Waals surface area (Å²) in [5.74, 6) is 1.72. The lowest BCUT2D eigenvalue weighted by molar-refractivity contribution is -0.142. The average molecular weight is 365 g/mol. The van der Waals surface area contributed by atoms with E-state index < -0.39 is 0 Å². The fourth-order valence-corrected chi connectivity index (χ4v) is 3.94. The van der Waals surface area contributed by atoms with Crippen LogP contribution in [0.1, 0.15) is 22.8 Å². The molecule has 1 atom stereocenters. The number of carbonyl (C=O) groups excluding carboxylic acids is 1. The highest BCUT2D eigenvalue weighted by Crippen LogP contribution is 2.39. The van der Waals surface area contributed by atoms with Crippen molar-refractivity contribution in [1.82, 2.24) is 4.90 Å². The third kappa shape index (κ3) is 3.55. The van der Waals surface area contributed by atoms with Crippen LogP contribution in [-0.2, 0) is 22.5 Å². The van der Waals surface area contributed by atoms with Crippen LogP contribution in [0.3, 0.4) is 0 Å². The fourth-order valence-electron chi connectivity index (χ4n) is 3.94. The van der Waals surface area contributed by atoms with Gasteiger partial charge in [-0.1, -0.05) is 30.3 Å². The molecule has 2 aromatic carbocycles. The molecule has 1 aliphatic rings. The Morgan fingerprint density at radius 1 is 1.19 bits per heavy atom. The molecule has 0 saturated heterocycles. The number of methoxy groups -OCH3 is 2. The van der Waals surface area contributed by atoms with E-state index in [9.17, 15) is 4.79 Å². The Morgan fingerprint density at radius 3 is 2.74 bits per heavy atom. The van der Waals surface area contributed by atoms with E-state index in [4.69, 9.17) is 13.9 Å². The highest BCUT2D eigenvalue weighted by molar-refractivity contribution is 5.84. The Morgan fingerprint density at radius 2 is 2.00 bits per heavy atom. The third-order valence-electron chi connectivity index (χ3n) is 5.17. The Kier molecular flexibility index (Phi) is 4.86. The Hall–Kier alpha value is -2.79. The van der Waals surface area contributed by atoms with Crippen LogP contribution in [0.2, 0.25) is 0 Å². The zero-order valence-electron chi connectivity index (χ0n) is 15.6. The summed E-state index contributed by atoms with van der Waals surface area (Å²) in [7, 11) is 3.08. The van der Waals surface area contributed by atoms with Crippen molar-refractivity contribution in [2.75, 3.05) is 27.3 Å². The quantitative estimate of drug-likeness (QED) is 0.645. The number of nitrogens with zero attached hydrogens (tertiary/aromatic N) is 1. The molecule has 0 radical (unpaired) electrons. The number of benzene rings is 2. The standard InChI is InChI=1S/C22H23NO4/c1-25-17-8-9-18-19(11-17)27-20-13-23(14-21(24)26-2)12-16(22(18)20)10-15-6-4-3-5-7-15/h3-9,11,16H,10,12-14H2,1-2H3. The van der Waals surface area contributed by atoms with Gasteiger partial charge in [-0.15, -0.1) is 0 Å². The number of esters is 1. The van der Waals surface area contributed by atoms with Crippen LogP contribution in [0.5, 0.6) is 5.75 Å². The van der Waals surface area contributed by atoms with Crippen LogP contribution in [0.25, 0.3) is 11.0 Å². The van der Waals surface area contributed by atoms with Gasteiger partial charge in [-0.25, -0.2) is 0 Å². The van der Waals surface area contributed by atoms with Crippen LogP contribution < -0.4 is 4.74 Å². The minimum Gasteiger partial charge on any atom is -0.497 e. The molecule has 0 amide bonds. The zero-order chi connectivity index (χ0) is 18.8. The summed E-state index contributed by atoms with van der Waals surface area (Å²) < 4.78 is 16.4. The van der Waals surface area contributed by atoms with E-state index in [2.05, 4.69) is 35.2 Å². The molecule has 1 aromatic heterocycles. The van der Waals surface area contributed by atoms with Crippen molar-refractivity contribution in [3.63, 3.8) is 0 Å². The molecular weight excluding hydrogens is 342 g/mol. The molecule has 0 bridgehead atoms. The van der Waals surface area contributed by atoms with E-state index >= 15 is 0 Å². The van der Waals surface area contributed by atoms with Crippen molar-refractivity contribution < 1.29 is 18.7 Å². The maximum atomic E-state index is 11.8. The van der Waals surface area contributed by atoms with E-state index in [0.717, 1.165) is 35.4 Å². The Bertz CT molecular complexity index is 948. The minimum atomic E-state index is -0.227. The first-order chi connectivity index (χ1) is 13.2. The molecular formula is C22H23NO4. The normalized spacial score (nSPS) is 16.9. The summed E-state index contributed by atoms with van der Waals surface area (Å²) in [5, 5.41) is 1.13. The molecule has 4 rings (SSSR count). The zero-order valence-corrected chi connectivity index (χ0v) is 15.6. The van der Waals surface area contributed by atoms with Crippen molar-refractivity contribution in [3.8, 4) is 5.75 Å². The first kappa shape index (κ1) is 17.6.